The van der Waals surface area contributed by atoms with Crippen molar-refractivity contribution in [1.82, 2.24) is 4.98 Å². The molecule has 0 spiro atoms. The van der Waals surface area contributed by atoms with Gasteiger partial charge in [0, 0.05) is 11.6 Å². The number of methoxy groups -OCH3 is 3. The van der Waals surface area contributed by atoms with Crippen LogP contribution in [0, 0.1) is 0 Å². The molecule has 0 fully saturated rings. The van der Waals surface area contributed by atoms with Gasteiger partial charge >= 0.3 is 0 Å². The lowest BCUT2D eigenvalue weighted by molar-refractivity contribution is 0.356. The van der Waals surface area contributed by atoms with Crippen molar-refractivity contribution in [3.05, 3.63) is 59.9 Å². The fourth-order valence-electron chi connectivity index (χ4n) is 2.57. The molecular formula is C20H19NO3. The first-order valence-corrected chi connectivity index (χ1v) is 7.58. The van der Waals surface area contributed by atoms with Gasteiger partial charge in [0.2, 0.25) is 0 Å². The predicted molar refractivity (Wildman–Crippen MR) is 96.8 cm³/mol. The quantitative estimate of drug-likeness (QED) is 0.697. The summed E-state index contributed by atoms with van der Waals surface area (Å²) in [6, 6.07) is 13.7. The smallest absolute Gasteiger partial charge is 0.161 e. The standard InChI is InChI=1S/C20H19NO3/c1-22-16-6-4-5-14(11-16)7-8-18-17-13-20(24-3)19(23-2)12-15(17)9-10-21-18/h4-13H,1-3H3. The van der Waals surface area contributed by atoms with Gasteiger partial charge < -0.3 is 14.2 Å². The Labute approximate surface area is 141 Å². The van der Waals surface area contributed by atoms with Gasteiger partial charge in [-0.25, -0.2) is 0 Å². The number of benzene rings is 2. The molecule has 1 heterocycles. The lowest BCUT2D eigenvalue weighted by atomic mass is 10.1. The summed E-state index contributed by atoms with van der Waals surface area (Å²) in [6.45, 7) is 0. The Balaban J connectivity index is 2.04. The van der Waals surface area contributed by atoms with Gasteiger partial charge in [0.25, 0.3) is 0 Å². The zero-order chi connectivity index (χ0) is 16.9. The molecule has 0 bridgehead atoms. The van der Waals surface area contributed by atoms with Crippen molar-refractivity contribution in [3.63, 3.8) is 0 Å². The van der Waals surface area contributed by atoms with Gasteiger partial charge in [-0.3, -0.25) is 4.98 Å². The lowest BCUT2D eigenvalue weighted by Gasteiger charge is -2.10. The van der Waals surface area contributed by atoms with Crippen LogP contribution in [-0.4, -0.2) is 26.3 Å². The van der Waals surface area contributed by atoms with Crippen molar-refractivity contribution >= 4 is 22.9 Å². The van der Waals surface area contributed by atoms with Crippen molar-refractivity contribution in [1.29, 1.82) is 0 Å². The second-order valence-electron chi connectivity index (χ2n) is 5.23. The zero-order valence-electron chi connectivity index (χ0n) is 13.9. The van der Waals surface area contributed by atoms with Crippen LogP contribution in [0.25, 0.3) is 22.9 Å². The van der Waals surface area contributed by atoms with E-state index >= 15 is 0 Å². The Kier molecular flexibility index (Phi) is 4.66. The maximum Gasteiger partial charge on any atom is 0.161 e. The van der Waals surface area contributed by atoms with Crippen LogP contribution in [0.1, 0.15) is 11.3 Å². The summed E-state index contributed by atoms with van der Waals surface area (Å²) in [5.41, 5.74) is 1.92. The molecule has 0 unspecified atom stereocenters. The molecule has 3 aromatic rings. The van der Waals surface area contributed by atoms with E-state index in [1.165, 1.54) is 0 Å². The molecule has 0 atom stereocenters. The SMILES string of the molecule is COc1cccc(C=Cc2nccc3cc(OC)c(OC)cc23)c1. The Morgan fingerprint density at radius 1 is 0.833 bits per heavy atom. The Morgan fingerprint density at radius 3 is 2.38 bits per heavy atom. The van der Waals surface area contributed by atoms with E-state index in [2.05, 4.69) is 4.98 Å². The molecule has 3 rings (SSSR count). The van der Waals surface area contributed by atoms with Gasteiger partial charge in [0.1, 0.15) is 5.75 Å². The van der Waals surface area contributed by atoms with E-state index in [-0.39, 0.29) is 0 Å². The minimum atomic E-state index is 0.689. The molecule has 4 nitrogen and oxygen atoms in total. The topological polar surface area (TPSA) is 40.6 Å². The van der Waals surface area contributed by atoms with Crippen LogP contribution in [0.2, 0.25) is 0 Å². The summed E-state index contributed by atoms with van der Waals surface area (Å²) < 4.78 is 16.0. The van der Waals surface area contributed by atoms with E-state index in [9.17, 15) is 0 Å². The molecule has 0 radical (unpaired) electrons. The summed E-state index contributed by atoms with van der Waals surface area (Å²) in [5, 5.41) is 2.06. The van der Waals surface area contributed by atoms with Gasteiger partial charge in [-0.05, 0) is 47.4 Å². The molecule has 0 N–H and O–H groups in total. The van der Waals surface area contributed by atoms with E-state index in [0.717, 1.165) is 27.8 Å². The number of aromatic nitrogens is 1. The van der Waals surface area contributed by atoms with Crippen molar-refractivity contribution in [3.8, 4) is 17.2 Å². The maximum atomic E-state index is 5.40. The maximum absolute atomic E-state index is 5.40. The van der Waals surface area contributed by atoms with Crippen LogP contribution in [-0.2, 0) is 0 Å². The molecular weight excluding hydrogens is 302 g/mol. The molecule has 0 aliphatic carbocycles. The minimum Gasteiger partial charge on any atom is -0.497 e. The second-order valence-corrected chi connectivity index (χ2v) is 5.23. The molecule has 0 saturated heterocycles. The van der Waals surface area contributed by atoms with Crippen LogP contribution in [0.3, 0.4) is 0 Å². The number of nitrogens with zero attached hydrogens (tertiary/aromatic N) is 1. The molecule has 122 valence electrons. The number of hydrogen-bond donors (Lipinski definition) is 0. The number of ether oxygens (including phenoxy) is 3. The number of rotatable bonds is 5. The number of fused-ring (bicyclic) bond motifs is 1. The van der Waals surface area contributed by atoms with Crippen molar-refractivity contribution in [2.75, 3.05) is 21.3 Å². The van der Waals surface area contributed by atoms with Crippen molar-refractivity contribution in [2.45, 2.75) is 0 Å². The van der Waals surface area contributed by atoms with E-state index < -0.39 is 0 Å². The van der Waals surface area contributed by atoms with Gasteiger partial charge in [0.05, 0.1) is 27.0 Å². The molecule has 0 aliphatic heterocycles. The second kappa shape index (κ2) is 7.04. The molecule has 24 heavy (non-hydrogen) atoms. The summed E-state index contributed by atoms with van der Waals surface area (Å²) in [6.07, 6.45) is 5.80. The van der Waals surface area contributed by atoms with Crippen LogP contribution in [0.15, 0.2) is 48.7 Å². The highest BCUT2D eigenvalue weighted by molar-refractivity contribution is 5.93. The van der Waals surface area contributed by atoms with Crippen LogP contribution in [0.5, 0.6) is 17.2 Å². The summed E-state index contributed by atoms with van der Waals surface area (Å²) >= 11 is 0. The van der Waals surface area contributed by atoms with Gasteiger partial charge in [0.15, 0.2) is 11.5 Å². The molecule has 4 heteroatoms. The Morgan fingerprint density at radius 2 is 1.62 bits per heavy atom. The highest BCUT2D eigenvalue weighted by Gasteiger charge is 2.08. The monoisotopic (exact) mass is 321 g/mol. The largest absolute Gasteiger partial charge is 0.497 e. The van der Waals surface area contributed by atoms with Crippen molar-refractivity contribution < 1.29 is 14.2 Å². The third-order valence-corrected chi connectivity index (χ3v) is 3.83. The fourth-order valence-corrected chi connectivity index (χ4v) is 2.57. The third kappa shape index (κ3) is 3.18. The Bertz CT molecular complexity index is 887. The van der Waals surface area contributed by atoms with Gasteiger partial charge in [-0.2, -0.15) is 0 Å². The molecule has 2 aromatic carbocycles. The van der Waals surface area contributed by atoms with Gasteiger partial charge in [-0.15, -0.1) is 0 Å². The molecule has 0 aliphatic rings. The summed E-state index contributed by atoms with van der Waals surface area (Å²) in [4.78, 5) is 4.48. The van der Waals surface area contributed by atoms with Crippen LogP contribution >= 0.6 is 0 Å². The first-order chi connectivity index (χ1) is 11.7. The predicted octanol–water partition coefficient (Wildman–Crippen LogP) is 4.43. The van der Waals surface area contributed by atoms with E-state index in [1.807, 2.05) is 54.6 Å². The molecule has 0 saturated carbocycles. The molecule has 1 aromatic heterocycles. The highest BCUT2D eigenvalue weighted by atomic mass is 16.5. The zero-order valence-corrected chi connectivity index (χ0v) is 13.9. The summed E-state index contributed by atoms with van der Waals surface area (Å²) in [7, 11) is 4.93. The van der Waals surface area contributed by atoms with E-state index in [4.69, 9.17) is 14.2 Å². The highest BCUT2D eigenvalue weighted by Crippen LogP contribution is 2.33. The number of hydrogen-bond acceptors (Lipinski definition) is 4. The minimum absolute atomic E-state index is 0.689. The fraction of sp³-hybridized carbons (Fsp3) is 0.150. The third-order valence-electron chi connectivity index (χ3n) is 3.83. The van der Waals surface area contributed by atoms with Crippen LogP contribution in [0.4, 0.5) is 0 Å². The van der Waals surface area contributed by atoms with E-state index in [1.54, 1.807) is 27.5 Å². The first kappa shape index (κ1) is 15.9. The summed E-state index contributed by atoms with van der Waals surface area (Å²) in [5.74, 6) is 2.22. The van der Waals surface area contributed by atoms with Crippen molar-refractivity contribution in [2.24, 2.45) is 0 Å². The molecule has 0 amide bonds. The first-order valence-electron chi connectivity index (χ1n) is 7.58. The van der Waals surface area contributed by atoms with Gasteiger partial charge in [-0.1, -0.05) is 18.2 Å². The normalized spacial score (nSPS) is 11.0. The lowest BCUT2D eigenvalue weighted by Crippen LogP contribution is -1.92. The number of pyridine rings is 1. The van der Waals surface area contributed by atoms with E-state index in [0.29, 0.717) is 11.5 Å². The Hall–Kier alpha value is -3.01. The van der Waals surface area contributed by atoms with Crippen LogP contribution < -0.4 is 14.2 Å². The average Bonchev–Trinajstić information content (AvgIpc) is 2.65. The average molecular weight is 321 g/mol.